The number of unbranched alkanes of at least 4 members (excludes halogenated alkanes) is 20. The minimum absolute atomic E-state index is 0.0321. The smallest absolute Gasteiger partial charge is 0.334 e. The van der Waals surface area contributed by atoms with Gasteiger partial charge in [-0.1, -0.05) is 142 Å². The van der Waals surface area contributed by atoms with Crippen LogP contribution in [0.4, 0.5) is 0 Å². The maximum absolute atomic E-state index is 12.2. The molecule has 5 heteroatoms. The van der Waals surface area contributed by atoms with Crippen LogP contribution in [0.5, 0.6) is 0 Å². The zero-order valence-corrected chi connectivity index (χ0v) is 24.5. The molecule has 37 heavy (non-hydrogen) atoms. The second-order valence-corrected chi connectivity index (χ2v) is 10.9. The minimum atomic E-state index is -0.963. The molecule has 0 heterocycles. The van der Waals surface area contributed by atoms with E-state index in [1.807, 2.05) is 0 Å². The predicted molar refractivity (Wildman–Crippen MR) is 155 cm³/mol. The molecule has 0 spiro atoms. The number of carboxylic acid groups (broad SMARTS) is 1. The van der Waals surface area contributed by atoms with Gasteiger partial charge in [0, 0.05) is 6.42 Å². The standard InChI is InChI=1S/C32H60O5/c1-3-5-7-9-11-13-15-17-19-21-23-25-29(33)27-32(36)37-30(28-31(34)35)26-24-22-20-18-16-14-12-10-8-6-4-2/h27,30,33H,3-26,28H2,1-2H3,(H,34,35). The van der Waals surface area contributed by atoms with Crippen LogP contribution >= 0.6 is 0 Å². The Balaban J connectivity index is 3.92. The number of rotatable bonds is 28. The molecular weight excluding hydrogens is 464 g/mol. The fraction of sp³-hybridized carbons (Fsp3) is 0.875. The van der Waals surface area contributed by atoms with Crippen LogP contribution in [-0.2, 0) is 14.3 Å². The molecule has 1 atom stereocenters. The van der Waals surface area contributed by atoms with Gasteiger partial charge in [-0.3, -0.25) is 4.79 Å². The fourth-order valence-corrected chi connectivity index (χ4v) is 4.81. The van der Waals surface area contributed by atoms with Gasteiger partial charge in [-0.05, 0) is 19.3 Å². The third kappa shape index (κ3) is 27.3. The van der Waals surface area contributed by atoms with Crippen LogP contribution < -0.4 is 0 Å². The Morgan fingerprint density at radius 1 is 0.595 bits per heavy atom. The first kappa shape index (κ1) is 35.5. The summed E-state index contributed by atoms with van der Waals surface area (Å²) in [6.07, 6.45) is 28.4. The Morgan fingerprint density at radius 2 is 0.973 bits per heavy atom. The Kier molecular flexibility index (Phi) is 26.4. The molecule has 218 valence electrons. The number of carboxylic acids is 1. The van der Waals surface area contributed by atoms with Crippen molar-refractivity contribution in [3.8, 4) is 0 Å². The van der Waals surface area contributed by atoms with Gasteiger partial charge in [0.1, 0.15) is 6.10 Å². The van der Waals surface area contributed by atoms with E-state index in [9.17, 15) is 14.7 Å². The van der Waals surface area contributed by atoms with Crippen molar-refractivity contribution in [2.45, 2.75) is 180 Å². The molecular formula is C32H60O5. The molecule has 0 bridgehead atoms. The van der Waals surface area contributed by atoms with Crippen molar-refractivity contribution in [1.29, 1.82) is 0 Å². The summed E-state index contributed by atoms with van der Waals surface area (Å²) in [5.74, 6) is -1.56. The molecule has 0 saturated carbocycles. The number of aliphatic hydroxyl groups is 1. The summed E-state index contributed by atoms with van der Waals surface area (Å²) >= 11 is 0. The third-order valence-electron chi connectivity index (χ3n) is 7.14. The Bertz CT molecular complexity index is 557. The summed E-state index contributed by atoms with van der Waals surface area (Å²) < 4.78 is 5.37. The number of carbonyl (C=O) groups is 2. The van der Waals surface area contributed by atoms with E-state index in [0.717, 1.165) is 44.6 Å². The number of aliphatic hydroxyl groups excluding tert-OH is 1. The second-order valence-electron chi connectivity index (χ2n) is 10.9. The van der Waals surface area contributed by atoms with Crippen molar-refractivity contribution in [3.05, 3.63) is 11.8 Å². The topological polar surface area (TPSA) is 83.8 Å². The van der Waals surface area contributed by atoms with Crippen molar-refractivity contribution < 1.29 is 24.5 Å². The molecule has 0 aliphatic heterocycles. The van der Waals surface area contributed by atoms with E-state index < -0.39 is 18.0 Å². The summed E-state index contributed by atoms with van der Waals surface area (Å²) in [6.45, 7) is 4.48. The van der Waals surface area contributed by atoms with Gasteiger partial charge in [-0.2, -0.15) is 0 Å². The summed E-state index contributed by atoms with van der Waals surface area (Å²) in [4.78, 5) is 23.4. The average molecular weight is 525 g/mol. The van der Waals surface area contributed by atoms with Crippen LogP contribution in [-0.4, -0.2) is 28.3 Å². The summed E-state index contributed by atoms with van der Waals surface area (Å²) in [7, 11) is 0. The minimum Gasteiger partial charge on any atom is -0.512 e. The molecule has 5 nitrogen and oxygen atoms in total. The fourth-order valence-electron chi connectivity index (χ4n) is 4.81. The van der Waals surface area contributed by atoms with Crippen LogP contribution in [0.1, 0.15) is 174 Å². The van der Waals surface area contributed by atoms with Gasteiger partial charge in [0.2, 0.25) is 0 Å². The van der Waals surface area contributed by atoms with Crippen molar-refractivity contribution in [2.24, 2.45) is 0 Å². The molecule has 0 amide bonds. The number of aliphatic carboxylic acids is 1. The number of ether oxygens (including phenoxy) is 1. The van der Waals surface area contributed by atoms with Crippen molar-refractivity contribution >= 4 is 11.9 Å². The van der Waals surface area contributed by atoms with E-state index in [2.05, 4.69) is 13.8 Å². The number of hydrogen-bond acceptors (Lipinski definition) is 4. The zero-order valence-electron chi connectivity index (χ0n) is 24.5. The van der Waals surface area contributed by atoms with Crippen LogP contribution in [0.15, 0.2) is 11.8 Å². The Hall–Kier alpha value is -1.52. The van der Waals surface area contributed by atoms with Crippen LogP contribution in [0.25, 0.3) is 0 Å². The Labute approximate surface area is 228 Å². The molecule has 0 saturated heterocycles. The molecule has 1 unspecified atom stereocenters. The molecule has 0 aromatic rings. The molecule has 0 aromatic heterocycles. The molecule has 0 aliphatic rings. The van der Waals surface area contributed by atoms with Crippen LogP contribution in [0.2, 0.25) is 0 Å². The van der Waals surface area contributed by atoms with Gasteiger partial charge in [-0.15, -0.1) is 0 Å². The maximum Gasteiger partial charge on any atom is 0.334 e. The van der Waals surface area contributed by atoms with Crippen molar-refractivity contribution in [3.63, 3.8) is 0 Å². The van der Waals surface area contributed by atoms with Crippen LogP contribution in [0.3, 0.4) is 0 Å². The second kappa shape index (κ2) is 27.5. The number of esters is 1. The van der Waals surface area contributed by atoms with Gasteiger partial charge in [-0.25, -0.2) is 4.79 Å². The van der Waals surface area contributed by atoms with Crippen LogP contribution in [0, 0.1) is 0 Å². The quantitative estimate of drug-likeness (QED) is 0.0460. The largest absolute Gasteiger partial charge is 0.512 e. The lowest BCUT2D eigenvalue weighted by Gasteiger charge is -2.15. The number of allylic oxidation sites excluding steroid dienone is 1. The molecule has 0 radical (unpaired) electrons. The van der Waals surface area contributed by atoms with Crippen molar-refractivity contribution in [2.75, 3.05) is 0 Å². The van der Waals surface area contributed by atoms with E-state index in [-0.39, 0.29) is 12.2 Å². The van der Waals surface area contributed by atoms with E-state index in [1.165, 1.54) is 103 Å². The highest BCUT2D eigenvalue weighted by Crippen LogP contribution is 2.16. The summed E-state index contributed by atoms with van der Waals surface area (Å²) in [6, 6.07) is 0. The summed E-state index contributed by atoms with van der Waals surface area (Å²) in [5, 5.41) is 19.2. The summed E-state index contributed by atoms with van der Waals surface area (Å²) in [5.41, 5.74) is 0. The van der Waals surface area contributed by atoms with Crippen molar-refractivity contribution in [1.82, 2.24) is 0 Å². The average Bonchev–Trinajstić information content (AvgIpc) is 2.85. The lowest BCUT2D eigenvalue weighted by atomic mass is 10.0. The molecule has 0 aromatic carbocycles. The SMILES string of the molecule is CCCCCCCCCCCCCC(O)=CC(=O)OC(CCCCCCCCCCCCC)CC(=O)O. The van der Waals surface area contributed by atoms with E-state index in [4.69, 9.17) is 9.84 Å². The highest BCUT2D eigenvalue weighted by Gasteiger charge is 2.17. The highest BCUT2D eigenvalue weighted by molar-refractivity contribution is 5.82. The van der Waals surface area contributed by atoms with E-state index >= 15 is 0 Å². The van der Waals surface area contributed by atoms with Gasteiger partial charge in [0.25, 0.3) is 0 Å². The molecule has 0 rings (SSSR count). The first-order chi connectivity index (χ1) is 18.0. The van der Waals surface area contributed by atoms with Gasteiger partial charge in [0.05, 0.1) is 18.3 Å². The first-order valence-electron chi connectivity index (χ1n) is 15.8. The number of carbonyl (C=O) groups excluding carboxylic acids is 1. The molecule has 2 N–H and O–H groups in total. The predicted octanol–water partition coefficient (Wildman–Crippen LogP) is 10.2. The normalized spacial score (nSPS) is 12.5. The number of hydrogen-bond donors (Lipinski definition) is 2. The van der Waals surface area contributed by atoms with E-state index in [1.54, 1.807) is 0 Å². The third-order valence-corrected chi connectivity index (χ3v) is 7.14. The molecule has 0 aliphatic carbocycles. The Morgan fingerprint density at radius 3 is 1.38 bits per heavy atom. The first-order valence-corrected chi connectivity index (χ1v) is 15.8. The van der Waals surface area contributed by atoms with Gasteiger partial charge in [0.15, 0.2) is 0 Å². The lowest BCUT2D eigenvalue weighted by molar-refractivity contribution is -0.148. The maximum atomic E-state index is 12.2. The van der Waals surface area contributed by atoms with E-state index in [0.29, 0.717) is 12.8 Å². The monoisotopic (exact) mass is 524 g/mol. The lowest BCUT2D eigenvalue weighted by Crippen LogP contribution is -2.21. The molecule has 0 fully saturated rings. The van der Waals surface area contributed by atoms with Gasteiger partial charge < -0.3 is 14.9 Å². The zero-order chi connectivity index (χ0) is 27.4. The highest BCUT2D eigenvalue weighted by atomic mass is 16.5. The van der Waals surface area contributed by atoms with Gasteiger partial charge >= 0.3 is 11.9 Å².